The number of hydrogen-bond acceptors (Lipinski definition) is 4. The van der Waals surface area contributed by atoms with Gasteiger partial charge in [-0.1, -0.05) is 43.9 Å². The molecular formula is C15H24O3S2. The van der Waals surface area contributed by atoms with E-state index in [1.807, 2.05) is 17.8 Å². The van der Waals surface area contributed by atoms with Gasteiger partial charge in [-0.3, -0.25) is 4.18 Å². The first-order chi connectivity index (χ1) is 9.58. The Hall–Kier alpha value is -0.520. The number of unbranched alkanes of at least 4 members (excludes halogenated alkanes) is 5. The highest BCUT2D eigenvalue weighted by molar-refractivity contribution is 7.99. The van der Waals surface area contributed by atoms with Gasteiger partial charge < -0.3 is 0 Å². The van der Waals surface area contributed by atoms with Crippen LogP contribution in [0.4, 0.5) is 0 Å². The van der Waals surface area contributed by atoms with E-state index in [4.69, 9.17) is 4.18 Å². The first kappa shape index (κ1) is 17.5. The van der Waals surface area contributed by atoms with E-state index in [1.165, 1.54) is 29.9 Å². The average Bonchev–Trinajstić information content (AvgIpc) is 2.41. The molecule has 0 saturated heterocycles. The van der Waals surface area contributed by atoms with Gasteiger partial charge in [0.1, 0.15) is 0 Å². The summed E-state index contributed by atoms with van der Waals surface area (Å²) < 4.78 is 26.2. The van der Waals surface area contributed by atoms with Crippen molar-refractivity contribution in [2.24, 2.45) is 0 Å². The molecule has 1 aromatic carbocycles. The van der Waals surface area contributed by atoms with Crippen LogP contribution in [0.25, 0.3) is 0 Å². The molecule has 0 aromatic heterocycles. The second kappa shape index (κ2) is 10.2. The molecule has 0 aliphatic heterocycles. The summed E-state index contributed by atoms with van der Waals surface area (Å²) >= 11 is 1.91. The maximum absolute atomic E-state index is 10.7. The molecule has 114 valence electrons. The SMILES string of the molecule is CS(=O)(=O)OCCCCCCCCSc1ccccc1. The Morgan fingerprint density at radius 2 is 1.55 bits per heavy atom. The van der Waals surface area contributed by atoms with E-state index in [2.05, 4.69) is 24.3 Å². The molecule has 0 bridgehead atoms. The number of hydrogen-bond donors (Lipinski definition) is 0. The minimum Gasteiger partial charge on any atom is -0.270 e. The van der Waals surface area contributed by atoms with Crippen LogP contribution in [0.1, 0.15) is 38.5 Å². The smallest absolute Gasteiger partial charge is 0.264 e. The van der Waals surface area contributed by atoms with Gasteiger partial charge in [0.15, 0.2) is 0 Å². The van der Waals surface area contributed by atoms with Crippen molar-refractivity contribution >= 4 is 21.9 Å². The van der Waals surface area contributed by atoms with Crippen LogP contribution in [-0.2, 0) is 14.3 Å². The molecule has 0 heterocycles. The quantitative estimate of drug-likeness (QED) is 0.350. The maximum atomic E-state index is 10.7. The zero-order valence-corrected chi connectivity index (χ0v) is 13.7. The van der Waals surface area contributed by atoms with Crippen LogP contribution < -0.4 is 0 Å². The van der Waals surface area contributed by atoms with Crippen molar-refractivity contribution in [3.8, 4) is 0 Å². The van der Waals surface area contributed by atoms with Gasteiger partial charge in [0, 0.05) is 4.90 Å². The summed E-state index contributed by atoms with van der Waals surface area (Å²) in [5.74, 6) is 1.17. The minimum absolute atomic E-state index is 0.322. The highest BCUT2D eigenvalue weighted by Crippen LogP contribution is 2.19. The average molecular weight is 316 g/mol. The topological polar surface area (TPSA) is 43.4 Å². The van der Waals surface area contributed by atoms with Crippen LogP contribution in [0.5, 0.6) is 0 Å². The van der Waals surface area contributed by atoms with Crippen molar-refractivity contribution in [2.75, 3.05) is 18.6 Å². The number of thioether (sulfide) groups is 1. The molecule has 5 heteroatoms. The molecule has 0 fully saturated rings. The predicted molar refractivity (Wildman–Crippen MR) is 85.7 cm³/mol. The third kappa shape index (κ3) is 10.3. The van der Waals surface area contributed by atoms with Gasteiger partial charge in [-0.15, -0.1) is 11.8 Å². The van der Waals surface area contributed by atoms with E-state index in [0.717, 1.165) is 25.5 Å². The molecule has 20 heavy (non-hydrogen) atoms. The van der Waals surface area contributed by atoms with Gasteiger partial charge >= 0.3 is 0 Å². The summed E-state index contributed by atoms with van der Waals surface area (Å²) in [6, 6.07) is 10.5. The van der Waals surface area contributed by atoms with E-state index >= 15 is 0 Å². The normalized spacial score (nSPS) is 11.7. The molecule has 0 unspecified atom stereocenters. The van der Waals surface area contributed by atoms with E-state index in [-0.39, 0.29) is 0 Å². The lowest BCUT2D eigenvalue weighted by Crippen LogP contribution is -2.03. The largest absolute Gasteiger partial charge is 0.270 e. The second-order valence-electron chi connectivity index (χ2n) is 4.81. The molecule has 0 saturated carbocycles. The Morgan fingerprint density at radius 1 is 0.950 bits per heavy atom. The van der Waals surface area contributed by atoms with Crippen LogP contribution in [0.3, 0.4) is 0 Å². The van der Waals surface area contributed by atoms with Crippen molar-refractivity contribution < 1.29 is 12.6 Å². The molecule has 0 atom stereocenters. The summed E-state index contributed by atoms with van der Waals surface area (Å²) in [4.78, 5) is 1.34. The Labute approximate surface area is 127 Å². The van der Waals surface area contributed by atoms with Crippen LogP contribution in [0.15, 0.2) is 35.2 Å². The summed E-state index contributed by atoms with van der Waals surface area (Å²) in [7, 11) is -3.26. The van der Waals surface area contributed by atoms with E-state index in [1.54, 1.807) is 0 Å². The maximum Gasteiger partial charge on any atom is 0.264 e. The molecule has 0 aliphatic rings. The van der Waals surface area contributed by atoms with E-state index in [0.29, 0.717) is 6.61 Å². The molecule has 1 aromatic rings. The van der Waals surface area contributed by atoms with E-state index in [9.17, 15) is 8.42 Å². The zero-order valence-electron chi connectivity index (χ0n) is 12.1. The highest BCUT2D eigenvalue weighted by atomic mass is 32.2. The summed E-state index contributed by atoms with van der Waals surface area (Å²) in [5.41, 5.74) is 0. The second-order valence-corrected chi connectivity index (χ2v) is 7.62. The lowest BCUT2D eigenvalue weighted by molar-refractivity contribution is 0.309. The summed E-state index contributed by atoms with van der Waals surface area (Å²) in [6.07, 6.45) is 7.81. The Morgan fingerprint density at radius 3 is 2.20 bits per heavy atom. The highest BCUT2D eigenvalue weighted by Gasteiger charge is 2.00. The fourth-order valence-corrected chi connectivity index (χ4v) is 3.18. The summed E-state index contributed by atoms with van der Waals surface area (Å²) in [6.45, 7) is 0.322. The lowest BCUT2D eigenvalue weighted by Gasteiger charge is -2.03. The number of benzene rings is 1. The van der Waals surface area contributed by atoms with Gasteiger partial charge in [-0.2, -0.15) is 8.42 Å². The Bertz CT molecular complexity index is 443. The first-order valence-corrected chi connectivity index (χ1v) is 9.90. The first-order valence-electron chi connectivity index (χ1n) is 7.10. The van der Waals surface area contributed by atoms with Crippen molar-refractivity contribution in [1.82, 2.24) is 0 Å². The molecule has 0 amide bonds. The van der Waals surface area contributed by atoms with Crippen molar-refractivity contribution in [1.29, 1.82) is 0 Å². The van der Waals surface area contributed by atoms with Crippen LogP contribution in [-0.4, -0.2) is 27.0 Å². The van der Waals surface area contributed by atoms with Crippen molar-refractivity contribution in [3.63, 3.8) is 0 Å². The molecule has 0 aliphatic carbocycles. The monoisotopic (exact) mass is 316 g/mol. The molecule has 0 radical (unpaired) electrons. The fraction of sp³-hybridized carbons (Fsp3) is 0.600. The third-order valence-electron chi connectivity index (χ3n) is 2.85. The molecule has 3 nitrogen and oxygen atoms in total. The van der Waals surface area contributed by atoms with Crippen LogP contribution in [0, 0.1) is 0 Å². The minimum atomic E-state index is -3.26. The van der Waals surface area contributed by atoms with Crippen molar-refractivity contribution in [3.05, 3.63) is 30.3 Å². The summed E-state index contributed by atoms with van der Waals surface area (Å²) in [5, 5.41) is 0. The predicted octanol–water partition coefficient (Wildman–Crippen LogP) is 4.10. The Balaban J connectivity index is 1.86. The van der Waals surface area contributed by atoms with Crippen LogP contribution in [0.2, 0.25) is 0 Å². The third-order valence-corrected chi connectivity index (χ3v) is 4.54. The fourth-order valence-electron chi connectivity index (χ4n) is 1.83. The van der Waals surface area contributed by atoms with Gasteiger partial charge in [0.2, 0.25) is 0 Å². The van der Waals surface area contributed by atoms with Crippen molar-refractivity contribution in [2.45, 2.75) is 43.4 Å². The molecular weight excluding hydrogens is 292 g/mol. The number of rotatable bonds is 11. The Kier molecular flexibility index (Phi) is 8.98. The standard InChI is InChI=1S/C15H24O3S2/c1-20(16,17)18-13-9-4-2-3-5-10-14-19-15-11-7-6-8-12-15/h6-8,11-12H,2-5,9-10,13-14H2,1H3. The zero-order chi connectivity index (χ0) is 14.7. The van der Waals surface area contributed by atoms with Gasteiger partial charge in [0.05, 0.1) is 12.9 Å². The lowest BCUT2D eigenvalue weighted by atomic mass is 10.1. The van der Waals surface area contributed by atoms with Gasteiger partial charge in [-0.25, -0.2) is 0 Å². The van der Waals surface area contributed by atoms with E-state index < -0.39 is 10.1 Å². The van der Waals surface area contributed by atoms with Crippen LogP contribution >= 0.6 is 11.8 Å². The molecule has 0 spiro atoms. The van der Waals surface area contributed by atoms with Gasteiger partial charge in [-0.05, 0) is 30.7 Å². The molecule has 1 rings (SSSR count). The molecule has 0 N–H and O–H groups in total. The van der Waals surface area contributed by atoms with Gasteiger partial charge in [0.25, 0.3) is 10.1 Å².